The van der Waals surface area contributed by atoms with Crippen LogP contribution in [0.5, 0.6) is 5.75 Å². The number of carbonyl (C=O) groups is 3. The molecule has 0 heterocycles. The van der Waals surface area contributed by atoms with Crippen LogP contribution in [-0.4, -0.2) is 31.5 Å². The number of Topliss-reactive ketones (excluding diaryl/α,β-unsaturated/α-hetero) is 1. The number of rotatable bonds is 8. The maximum absolute atomic E-state index is 12.1. The average molecular weight is 391 g/mol. The molecule has 0 bridgehead atoms. The summed E-state index contributed by atoms with van der Waals surface area (Å²) in [6.07, 6.45) is -0.220. The van der Waals surface area contributed by atoms with Gasteiger partial charge in [-0.05, 0) is 35.9 Å². The third kappa shape index (κ3) is 6.00. The van der Waals surface area contributed by atoms with Crippen LogP contribution in [0, 0.1) is 0 Å². The van der Waals surface area contributed by atoms with Gasteiger partial charge in [0.15, 0.2) is 12.4 Å². The SMILES string of the molecule is COc1ccc(C(=O)COC(=O)C[C@H](NC(N)=O)c2ccccc2Cl)cc1. The Morgan fingerprint density at radius 3 is 2.37 bits per heavy atom. The van der Waals surface area contributed by atoms with E-state index in [1.54, 1.807) is 48.5 Å². The molecule has 2 rings (SSSR count). The Morgan fingerprint density at radius 2 is 1.78 bits per heavy atom. The number of hydrogen-bond donors (Lipinski definition) is 2. The van der Waals surface area contributed by atoms with Crippen molar-refractivity contribution in [1.82, 2.24) is 5.32 Å². The molecule has 2 aromatic rings. The zero-order valence-electron chi connectivity index (χ0n) is 14.6. The zero-order chi connectivity index (χ0) is 19.8. The first-order valence-corrected chi connectivity index (χ1v) is 8.41. The van der Waals surface area contributed by atoms with E-state index in [9.17, 15) is 14.4 Å². The third-order valence-corrected chi connectivity index (χ3v) is 4.09. The normalized spacial score (nSPS) is 11.3. The Labute approximate surface area is 161 Å². The second-order valence-corrected chi connectivity index (χ2v) is 6.01. The molecule has 3 N–H and O–H groups in total. The van der Waals surface area contributed by atoms with E-state index in [0.29, 0.717) is 21.9 Å². The number of ketones is 1. The quantitative estimate of drug-likeness (QED) is 0.532. The van der Waals surface area contributed by atoms with Crippen molar-refractivity contribution in [3.63, 3.8) is 0 Å². The van der Waals surface area contributed by atoms with Gasteiger partial charge in [0.1, 0.15) is 5.75 Å². The smallest absolute Gasteiger partial charge is 0.312 e. The van der Waals surface area contributed by atoms with Crippen LogP contribution in [0.3, 0.4) is 0 Å². The van der Waals surface area contributed by atoms with Crippen molar-refractivity contribution in [2.75, 3.05) is 13.7 Å². The Bertz CT molecular complexity index is 823. The Morgan fingerprint density at radius 1 is 1.11 bits per heavy atom. The molecule has 1 atom stereocenters. The number of nitrogens with two attached hydrogens (primary N) is 1. The van der Waals surface area contributed by atoms with Crippen LogP contribution in [0.4, 0.5) is 4.79 Å². The molecule has 0 radical (unpaired) electrons. The fourth-order valence-corrected chi connectivity index (χ4v) is 2.67. The standard InChI is InChI=1S/C19H19ClN2O5/c1-26-13-8-6-12(7-9-13)17(23)11-27-18(24)10-16(22-19(21)25)14-4-2-3-5-15(14)20/h2-9,16H,10-11H2,1H3,(H3,21,22,25)/t16-/m0/s1. The average Bonchev–Trinajstić information content (AvgIpc) is 2.65. The number of esters is 1. The summed E-state index contributed by atoms with van der Waals surface area (Å²) in [4.78, 5) is 35.5. The number of halogens is 1. The topological polar surface area (TPSA) is 108 Å². The fourth-order valence-electron chi connectivity index (χ4n) is 2.40. The first kappa shape index (κ1) is 20.3. The van der Waals surface area contributed by atoms with E-state index < -0.39 is 24.6 Å². The van der Waals surface area contributed by atoms with Gasteiger partial charge < -0.3 is 20.5 Å². The number of amides is 2. The lowest BCUT2D eigenvalue weighted by Crippen LogP contribution is -2.35. The maximum atomic E-state index is 12.1. The summed E-state index contributed by atoms with van der Waals surface area (Å²) in [5.41, 5.74) is 6.08. The number of methoxy groups -OCH3 is 1. The predicted molar refractivity (Wildman–Crippen MR) is 99.8 cm³/mol. The van der Waals surface area contributed by atoms with Gasteiger partial charge in [-0.1, -0.05) is 29.8 Å². The minimum absolute atomic E-state index is 0.220. The van der Waals surface area contributed by atoms with Crippen LogP contribution in [0.1, 0.15) is 28.4 Å². The molecule has 0 saturated carbocycles. The van der Waals surface area contributed by atoms with E-state index in [0.717, 1.165) is 0 Å². The van der Waals surface area contributed by atoms with Crippen LogP contribution >= 0.6 is 11.6 Å². The first-order valence-electron chi connectivity index (χ1n) is 8.04. The highest BCUT2D eigenvalue weighted by molar-refractivity contribution is 6.31. The van der Waals surface area contributed by atoms with Crippen LogP contribution in [0.25, 0.3) is 0 Å². The van der Waals surface area contributed by atoms with E-state index >= 15 is 0 Å². The van der Waals surface area contributed by atoms with Gasteiger partial charge in [-0.25, -0.2) is 4.79 Å². The third-order valence-electron chi connectivity index (χ3n) is 3.74. The molecule has 7 nitrogen and oxygen atoms in total. The largest absolute Gasteiger partial charge is 0.497 e. The monoisotopic (exact) mass is 390 g/mol. The van der Waals surface area contributed by atoms with Crippen molar-refractivity contribution in [1.29, 1.82) is 0 Å². The van der Waals surface area contributed by atoms with Gasteiger partial charge in [0.2, 0.25) is 0 Å². The number of nitrogens with one attached hydrogen (secondary N) is 1. The van der Waals surface area contributed by atoms with Crippen LogP contribution in [0.2, 0.25) is 5.02 Å². The zero-order valence-corrected chi connectivity index (χ0v) is 15.4. The molecule has 8 heteroatoms. The van der Waals surface area contributed by atoms with Gasteiger partial charge in [-0.3, -0.25) is 9.59 Å². The van der Waals surface area contributed by atoms with Gasteiger partial charge >= 0.3 is 12.0 Å². The van der Waals surface area contributed by atoms with Gasteiger partial charge in [-0.15, -0.1) is 0 Å². The molecule has 0 aromatic heterocycles. The lowest BCUT2D eigenvalue weighted by atomic mass is 10.0. The summed E-state index contributed by atoms with van der Waals surface area (Å²) < 4.78 is 10.1. The molecule has 0 spiro atoms. The number of benzene rings is 2. The summed E-state index contributed by atoms with van der Waals surface area (Å²) in [5, 5.41) is 2.83. The van der Waals surface area contributed by atoms with Crippen molar-refractivity contribution >= 4 is 29.4 Å². The van der Waals surface area contributed by atoms with Crippen LogP contribution < -0.4 is 15.8 Å². The molecular weight excluding hydrogens is 372 g/mol. The molecule has 0 unspecified atom stereocenters. The van der Waals surface area contributed by atoms with E-state index in [1.165, 1.54) is 7.11 Å². The lowest BCUT2D eigenvalue weighted by Gasteiger charge is -2.18. The minimum Gasteiger partial charge on any atom is -0.497 e. The second-order valence-electron chi connectivity index (χ2n) is 5.60. The lowest BCUT2D eigenvalue weighted by molar-refractivity contribution is -0.143. The molecular formula is C19H19ClN2O5. The number of ether oxygens (including phenoxy) is 2. The molecule has 0 saturated heterocycles. The predicted octanol–water partition coefficient (Wildman–Crippen LogP) is 2.87. The van der Waals surface area contributed by atoms with Crippen LogP contribution in [0.15, 0.2) is 48.5 Å². The highest BCUT2D eigenvalue weighted by Gasteiger charge is 2.21. The summed E-state index contributed by atoms with van der Waals surface area (Å²) in [6.45, 7) is -0.420. The molecule has 2 aromatic carbocycles. The van der Waals surface area contributed by atoms with E-state index in [-0.39, 0.29) is 12.2 Å². The number of urea groups is 1. The van der Waals surface area contributed by atoms with Gasteiger partial charge in [0.05, 0.1) is 19.6 Å². The maximum Gasteiger partial charge on any atom is 0.312 e. The summed E-state index contributed by atoms with van der Waals surface area (Å²) in [5.74, 6) is -0.414. The highest BCUT2D eigenvalue weighted by atomic mass is 35.5. The molecule has 0 fully saturated rings. The van der Waals surface area contributed by atoms with Gasteiger partial charge in [-0.2, -0.15) is 0 Å². The summed E-state index contributed by atoms with van der Waals surface area (Å²) in [6, 6.07) is 11.6. The Hall–Kier alpha value is -3.06. The Balaban J connectivity index is 1.97. The number of hydrogen-bond acceptors (Lipinski definition) is 5. The van der Waals surface area contributed by atoms with Crippen LogP contribution in [-0.2, 0) is 9.53 Å². The number of primary amides is 1. The van der Waals surface area contributed by atoms with Crippen molar-refractivity contribution in [2.45, 2.75) is 12.5 Å². The minimum atomic E-state index is -0.804. The van der Waals surface area contributed by atoms with Gasteiger partial charge in [0, 0.05) is 10.6 Å². The van der Waals surface area contributed by atoms with Gasteiger partial charge in [0.25, 0.3) is 0 Å². The van der Waals surface area contributed by atoms with Crippen molar-refractivity contribution in [2.24, 2.45) is 5.73 Å². The van der Waals surface area contributed by atoms with E-state index in [2.05, 4.69) is 5.32 Å². The number of carbonyl (C=O) groups excluding carboxylic acids is 3. The van der Waals surface area contributed by atoms with E-state index in [1.807, 2.05) is 0 Å². The summed E-state index contributed by atoms with van der Waals surface area (Å²) >= 11 is 6.11. The Kier molecular flexibility index (Phi) is 7.19. The molecule has 142 valence electrons. The highest BCUT2D eigenvalue weighted by Crippen LogP contribution is 2.25. The fraction of sp³-hybridized carbons (Fsp3) is 0.211. The second kappa shape index (κ2) is 9.59. The van der Waals surface area contributed by atoms with E-state index in [4.69, 9.17) is 26.8 Å². The van der Waals surface area contributed by atoms with Crippen molar-refractivity contribution in [3.05, 3.63) is 64.7 Å². The molecule has 0 aliphatic rings. The van der Waals surface area contributed by atoms with Crippen molar-refractivity contribution < 1.29 is 23.9 Å². The molecule has 0 aliphatic carbocycles. The molecule has 27 heavy (non-hydrogen) atoms. The molecule has 0 aliphatic heterocycles. The van der Waals surface area contributed by atoms with Crippen molar-refractivity contribution in [3.8, 4) is 5.75 Å². The molecule has 2 amide bonds. The summed E-state index contributed by atoms with van der Waals surface area (Å²) in [7, 11) is 1.52. The first-order chi connectivity index (χ1) is 12.9.